The first kappa shape index (κ1) is 17.5. The normalized spacial score (nSPS) is 27.9. The number of fused-ring (bicyclic) bond motifs is 1. The molecule has 2 heterocycles. The van der Waals surface area contributed by atoms with E-state index in [9.17, 15) is 9.90 Å². The van der Waals surface area contributed by atoms with E-state index in [0.717, 1.165) is 5.71 Å². The molecule has 0 aromatic rings. The summed E-state index contributed by atoms with van der Waals surface area (Å²) in [5.74, 6) is 5.52. The van der Waals surface area contributed by atoms with Gasteiger partial charge in [0, 0.05) is 12.0 Å². The van der Waals surface area contributed by atoms with E-state index < -0.39 is 6.35 Å². The molecule has 1 amide bonds. The topological polar surface area (TPSA) is 56.1 Å². The highest BCUT2D eigenvalue weighted by atomic mass is 35.5. The van der Waals surface area contributed by atoms with Gasteiger partial charge in [0.05, 0.1) is 24.8 Å². The number of carbonyl (C=O) groups is 1. The van der Waals surface area contributed by atoms with Crippen LogP contribution < -0.4 is 0 Å². The minimum atomic E-state index is -1.16. The summed E-state index contributed by atoms with van der Waals surface area (Å²) >= 11 is 6.07. The highest BCUT2D eigenvalue weighted by molar-refractivity contribution is 6.31. The van der Waals surface area contributed by atoms with Gasteiger partial charge in [-0.2, -0.15) is 0 Å². The molecule has 0 bridgehead atoms. The summed E-state index contributed by atoms with van der Waals surface area (Å²) in [5, 5.41) is 10.7. The molecule has 3 atom stereocenters. The molecule has 2 aliphatic heterocycles. The lowest BCUT2D eigenvalue weighted by molar-refractivity contribution is -0.149. The van der Waals surface area contributed by atoms with Gasteiger partial charge in [-0.15, -0.1) is 5.92 Å². The van der Waals surface area contributed by atoms with Crippen molar-refractivity contribution in [2.75, 3.05) is 13.1 Å². The van der Waals surface area contributed by atoms with Gasteiger partial charge in [-0.25, -0.2) is 0 Å². The van der Waals surface area contributed by atoms with Crippen molar-refractivity contribution in [2.24, 2.45) is 10.9 Å². The largest absolute Gasteiger partial charge is 0.356 e. The fraction of sp³-hybridized carbons (Fsp3) is 0.368. The maximum Gasteiger partial charge on any atom is 0.253 e. The lowest BCUT2D eigenvalue weighted by atomic mass is 9.89. The Labute approximate surface area is 152 Å². The van der Waals surface area contributed by atoms with Crippen LogP contribution in [0.15, 0.2) is 52.2 Å². The van der Waals surface area contributed by atoms with E-state index in [1.165, 1.54) is 21.4 Å². The first-order valence-corrected chi connectivity index (χ1v) is 8.51. The van der Waals surface area contributed by atoms with Crippen LogP contribution in [0.1, 0.15) is 13.8 Å². The Morgan fingerprint density at radius 3 is 2.88 bits per heavy atom. The Balaban J connectivity index is 1.76. The third-order valence-electron chi connectivity index (χ3n) is 4.35. The van der Waals surface area contributed by atoms with Crippen molar-refractivity contribution >= 4 is 23.2 Å². The zero-order chi connectivity index (χ0) is 18.0. The lowest BCUT2D eigenvalue weighted by Gasteiger charge is -2.39. The fourth-order valence-corrected chi connectivity index (χ4v) is 3.24. The van der Waals surface area contributed by atoms with Crippen LogP contribution in [-0.4, -0.2) is 52.0 Å². The first-order chi connectivity index (χ1) is 12.0. The molecule has 1 aliphatic carbocycles. The third kappa shape index (κ3) is 3.71. The van der Waals surface area contributed by atoms with Gasteiger partial charge in [-0.1, -0.05) is 47.4 Å². The summed E-state index contributed by atoms with van der Waals surface area (Å²) in [7, 11) is 0. The number of rotatable bonds is 3. The van der Waals surface area contributed by atoms with Gasteiger partial charge in [0.2, 0.25) is 6.35 Å². The maximum absolute atomic E-state index is 12.3. The van der Waals surface area contributed by atoms with Gasteiger partial charge in [0.15, 0.2) is 0 Å². The van der Waals surface area contributed by atoms with E-state index in [1.807, 2.05) is 6.08 Å². The van der Waals surface area contributed by atoms with E-state index >= 15 is 0 Å². The summed E-state index contributed by atoms with van der Waals surface area (Å²) < 4.78 is 0. The highest BCUT2D eigenvalue weighted by Gasteiger charge is 2.33. The number of dihydropyridines is 1. The molecular formula is C19H20ClN3O2. The van der Waals surface area contributed by atoms with E-state index in [2.05, 4.69) is 43.1 Å². The van der Waals surface area contributed by atoms with Crippen molar-refractivity contribution in [1.29, 1.82) is 0 Å². The van der Waals surface area contributed by atoms with E-state index in [1.54, 1.807) is 6.92 Å². The van der Waals surface area contributed by atoms with Crippen molar-refractivity contribution < 1.29 is 9.90 Å². The van der Waals surface area contributed by atoms with Crippen LogP contribution in [-0.2, 0) is 4.79 Å². The van der Waals surface area contributed by atoms with Crippen LogP contribution in [0, 0.1) is 17.8 Å². The predicted octanol–water partition coefficient (Wildman–Crippen LogP) is 2.02. The molecule has 3 aliphatic rings. The van der Waals surface area contributed by atoms with Gasteiger partial charge >= 0.3 is 0 Å². The van der Waals surface area contributed by atoms with Crippen LogP contribution in [0.4, 0.5) is 0 Å². The molecule has 0 saturated heterocycles. The Hall–Kier alpha value is -2.29. The monoisotopic (exact) mass is 357 g/mol. The van der Waals surface area contributed by atoms with Crippen LogP contribution in [0.5, 0.6) is 0 Å². The molecule has 3 unspecified atom stereocenters. The summed E-state index contributed by atoms with van der Waals surface area (Å²) in [6.45, 7) is 4.23. The molecule has 0 aromatic heterocycles. The van der Waals surface area contributed by atoms with Gasteiger partial charge in [-0.05, 0) is 19.9 Å². The molecule has 25 heavy (non-hydrogen) atoms. The van der Waals surface area contributed by atoms with Gasteiger partial charge < -0.3 is 10.0 Å². The average molecular weight is 358 g/mol. The van der Waals surface area contributed by atoms with E-state index in [-0.39, 0.29) is 36.1 Å². The van der Waals surface area contributed by atoms with E-state index in [4.69, 9.17) is 16.6 Å². The van der Waals surface area contributed by atoms with Crippen molar-refractivity contribution in [3.05, 3.63) is 47.2 Å². The van der Waals surface area contributed by atoms with Crippen molar-refractivity contribution in [3.8, 4) is 11.8 Å². The van der Waals surface area contributed by atoms with Crippen LogP contribution in [0.3, 0.4) is 0 Å². The molecule has 0 fully saturated rings. The Morgan fingerprint density at radius 1 is 1.32 bits per heavy atom. The molecule has 6 heteroatoms. The quantitative estimate of drug-likeness (QED) is 0.621. The lowest BCUT2D eigenvalue weighted by Crippen LogP contribution is -2.54. The predicted molar refractivity (Wildman–Crippen MR) is 98.6 cm³/mol. The van der Waals surface area contributed by atoms with Crippen LogP contribution in [0.25, 0.3) is 0 Å². The first-order valence-electron chi connectivity index (χ1n) is 8.13. The summed E-state index contributed by atoms with van der Waals surface area (Å²) in [6.07, 6.45) is 10.4. The zero-order valence-electron chi connectivity index (χ0n) is 14.2. The Kier molecular flexibility index (Phi) is 5.12. The number of allylic oxidation sites excluding steroid dienone is 2. The molecule has 0 aromatic carbocycles. The molecule has 0 saturated carbocycles. The molecule has 0 spiro atoms. The van der Waals surface area contributed by atoms with Crippen LogP contribution in [0.2, 0.25) is 0 Å². The minimum absolute atomic E-state index is 0.0435. The van der Waals surface area contributed by atoms with Crippen LogP contribution >= 0.6 is 11.6 Å². The SMILES string of the molecule is CC#CCN1C(Cl)=CC(=O)N(CC2=NC3C=CC(C)=CC3C=C2)C1O. The smallest absolute Gasteiger partial charge is 0.253 e. The second-order valence-corrected chi connectivity index (χ2v) is 6.54. The van der Waals surface area contributed by atoms with Gasteiger partial charge in [0.1, 0.15) is 5.16 Å². The number of amides is 1. The number of carbonyl (C=O) groups excluding carboxylic acids is 1. The van der Waals surface area contributed by atoms with Crippen molar-refractivity contribution in [1.82, 2.24) is 9.80 Å². The van der Waals surface area contributed by atoms with Gasteiger partial charge in [0.25, 0.3) is 5.91 Å². The molecule has 130 valence electrons. The standard InChI is InChI=1S/C19H20ClN3O2/c1-3-4-9-22-17(20)11-18(24)23(19(22)25)12-15-7-6-14-10-13(2)5-8-16(14)21-15/h5-8,10-11,14,16,19,25H,9,12H2,1-2H3. The molecule has 0 radical (unpaired) electrons. The Morgan fingerprint density at radius 2 is 2.12 bits per heavy atom. The van der Waals surface area contributed by atoms with Gasteiger partial charge in [-0.3, -0.25) is 14.7 Å². The highest BCUT2D eigenvalue weighted by Crippen LogP contribution is 2.26. The second kappa shape index (κ2) is 7.30. The maximum atomic E-state index is 12.3. The zero-order valence-corrected chi connectivity index (χ0v) is 14.9. The average Bonchev–Trinajstić information content (AvgIpc) is 2.58. The fourth-order valence-electron chi connectivity index (χ4n) is 3.00. The molecule has 5 nitrogen and oxygen atoms in total. The molecular weight excluding hydrogens is 338 g/mol. The number of halogens is 1. The number of aliphatic imine (C=N–C) groups is 1. The summed E-state index contributed by atoms with van der Waals surface area (Å²) in [5.41, 5.74) is 1.97. The molecule has 3 rings (SSSR count). The third-order valence-corrected chi connectivity index (χ3v) is 4.67. The number of aliphatic hydroxyl groups is 1. The van der Waals surface area contributed by atoms with E-state index in [0.29, 0.717) is 0 Å². The number of hydrogen-bond donors (Lipinski definition) is 1. The Bertz CT molecular complexity index is 782. The molecule has 1 N–H and O–H groups in total. The minimum Gasteiger partial charge on any atom is -0.356 e. The summed E-state index contributed by atoms with van der Waals surface area (Å²) in [6, 6.07) is 0.0435. The summed E-state index contributed by atoms with van der Waals surface area (Å²) in [4.78, 5) is 19.8. The second-order valence-electron chi connectivity index (χ2n) is 6.15. The number of nitrogens with zero attached hydrogens (tertiary/aromatic N) is 3. The number of aliphatic hydroxyl groups excluding tert-OH is 1. The van der Waals surface area contributed by atoms with Crippen molar-refractivity contribution in [3.63, 3.8) is 0 Å². The number of hydrogen-bond acceptors (Lipinski definition) is 4. The van der Waals surface area contributed by atoms with Crippen molar-refractivity contribution in [2.45, 2.75) is 26.2 Å².